The van der Waals surface area contributed by atoms with Crippen LogP contribution in [0.3, 0.4) is 0 Å². The zero-order valence-corrected chi connectivity index (χ0v) is 10.6. The van der Waals surface area contributed by atoms with E-state index in [0.717, 1.165) is 19.3 Å². The first-order valence-corrected chi connectivity index (χ1v) is 6.41. The van der Waals surface area contributed by atoms with Crippen LogP contribution in [0.2, 0.25) is 0 Å². The van der Waals surface area contributed by atoms with Crippen LogP contribution in [0.1, 0.15) is 31.2 Å². The molecule has 1 saturated carbocycles. The Morgan fingerprint density at radius 3 is 3.05 bits per heavy atom. The molecule has 1 fully saturated rings. The van der Waals surface area contributed by atoms with E-state index in [2.05, 4.69) is 5.32 Å². The summed E-state index contributed by atoms with van der Waals surface area (Å²) in [7, 11) is 0. The Morgan fingerprint density at radius 2 is 2.32 bits per heavy atom. The van der Waals surface area contributed by atoms with Crippen LogP contribution < -0.4 is 11.1 Å². The highest BCUT2D eigenvalue weighted by molar-refractivity contribution is 5.84. The molecule has 2 atom stereocenters. The molecule has 0 saturated heterocycles. The van der Waals surface area contributed by atoms with Gasteiger partial charge in [-0.15, -0.1) is 0 Å². The maximum absolute atomic E-state index is 11.7. The predicted octanol–water partition coefficient (Wildman–Crippen LogP) is 2.38. The lowest BCUT2D eigenvalue weighted by Gasteiger charge is -2.26. The van der Waals surface area contributed by atoms with Crippen molar-refractivity contribution in [2.45, 2.75) is 37.8 Å². The maximum atomic E-state index is 11.7. The van der Waals surface area contributed by atoms with E-state index in [-0.39, 0.29) is 12.1 Å². The number of nitriles is 1. The summed E-state index contributed by atoms with van der Waals surface area (Å²) in [5, 5.41) is 11.4. The number of hydrogen-bond donors (Lipinski definition) is 2. The molecule has 0 aromatic heterocycles. The fourth-order valence-electron chi connectivity index (χ4n) is 2.25. The second-order valence-corrected chi connectivity index (χ2v) is 4.77. The number of carbonyl (C=O) groups is 1. The van der Waals surface area contributed by atoms with Crippen molar-refractivity contribution < 1.29 is 9.53 Å². The maximum Gasteiger partial charge on any atom is 0.411 e. The van der Waals surface area contributed by atoms with E-state index in [4.69, 9.17) is 15.7 Å². The summed E-state index contributed by atoms with van der Waals surface area (Å²) in [6.45, 7) is 0. The Labute approximate surface area is 112 Å². The summed E-state index contributed by atoms with van der Waals surface area (Å²) in [5.74, 6) is 0. The topological polar surface area (TPSA) is 88.1 Å². The molecule has 5 nitrogen and oxygen atoms in total. The Balaban J connectivity index is 1.88. The van der Waals surface area contributed by atoms with Gasteiger partial charge in [0.05, 0.1) is 11.6 Å². The lowest BCUT2D eigenvalue weighted by Crippen LogP contribution is -2.34. The lowest BCUT2D eigenvalue weighted by molar-refractivity contribution is 0.0811. The van der Waals surface area contributed by atoms with Gasteiger partial charge in [0.2, 0.25) is 0 Å². The molecule has 0 bridgehead atoms. The average Bonchev–Trinajstić information content (AvgIpc) is 2.38. The SMILES string of the molecule is N#Cc1cccc(NC(=O)OC2CCCC(N)C2)c1. The van der Waals surface area contributed by atoms with Crippen LogP contribution in [0.5, 0.6) is 0 Å². The fraction of sp³-hybridized carbons (Fsp3) is 0.429. The van der Waals surface area contributed by atoms with E-state index in [1.807, 2.05) is 6.07 Å². The normalized spacial score (nSPS) is 22.3. The van der Waals surface area contributed by atoms with Crippen molar-refractivity contribution in [1.29, 1.82) is 5.26 Å². The standard InChI is InChI=1S/C14H17N3O2/c15-9-10-3-1-5-12(7-10)17-14(18)19-13-6-2-4-11(16)8-13/h1,3,5,7,11,13H,2,4,6,8,16H2,(H,17,18). The highest BCUT2D eigenvalue weighted by Gasteiger charge is 2.22. The Kier molecular flexibility index (Phi) is 4.37. The molecular formula is C14H17N3O2. The number of nitrogens with one attached hydrogen (secondary N) is 1. The van der Waals surface area contributed by atoms with E-state index >= 15 is 0 Å². The van der Waals surface area contributed by atoms with Crippen LogP contribution in [0.4, 0.5) is 10.5 Å². The number of benzene rings is 1. The molecule has 1 aliphatic rings. The quantitative estimate of drug-likeness (QED) is 0.853. The molecule has 2 rings (SSSR count). The van der Waals surface area contributed by atoms with Gasteiger partial charge < -0.3 is 10.5 Å². The number of anilines is 1. The molecular weight excluding hydrogens is 242 g/mol. The minimum Gasteiger partial charge on any atom is -0.446 e. The number of ether oxygens (including phenoxy) is 1. The fourth-order valence-corrected chi connectivity index (χ4v) is 2.25. The average molecular weight is 259 g/mol. The molecule has 1 aliphatic carbocycles. The first-order valence-electron chi connectivity index (χ1n) is 6.41. The molecule has 1 amide bonds. The number of carbonyl (C=O) groups excluding carboxylic acids is 1. The van der Waals surface area contributed by atoms with Crippen LogP contribution in [0.15, 0.2) is 24.3 Å². The molecule has 0 aliphatic heterocycles. The van der Waals surface area contributed by atoms with Gasteiger partial charge in [0.25, 0.3) is 0 Å². The zero-order chi connectivity index (χ0) is 13.7. The van der Waals surface area contributed by atoms with Crippen molar-refractivity contribution >= 4 is 11.8 Å². The Hall–Kier alpha value is -2.06. The molecule has 3 N–H and O–H groups in total. The second kappa shape index (κ2) is 6.21. The Morgan fingerprint density at radius 1 is 1.47 bits per heavy atom. The number of nitrogens with zero attached hydrogens (tertiary/aromatic N) is 1. The van der Waals surface area contributed by atoms with Crippen molar-refractivity contribution in [1.82, 2.24) is 0 Å². The second-order valence-electron chi connectivity index (χ2n) is 4.77. The highest BCUT2D eigenvalue weighted by atomic mass is 16.6. The summed E-state index contributed by atoms with van der Waals surface area (Å²) in [5.41, 5.74) is 6.90. The first-order chi connectivity index (χ1) is 9.17. The van der Waals surface area contributed by atoms with E-state index in [1.165, 1.54) is 0 Å². The molecule has 0 spiro atoms. The third-order valence-corrected chi connectivity index (χ3v) is 3.18. The molecule has 19 heavy (non-hydrogen) atoms. The number of rotatable bonds is 2. The van der Waals surface area contributed by atoms with Crippen molar-refractivity contribution in [3.63, 3.8) is 0 Å². The van der Waals surface area contributed by atoms with Gasteiger partial charge in [-0.2, -0.15) is 5.26 Å². The number of nitrogens with two attached hydrogens (primary N) is 1. The minimum absolute atomic E-state index is 0.108. The van der Waals surface area contributed by atoms with Gasteiger partial charge >= 0.3 is 6.09 Å². The van der Waals surface area contributed by atoms with Crippen LogP contribution >= 0.6 is 0 Å². The largest absolute Gasteiger partial charge is 0.446 e. The van der Waals surface area contributed by atoms with Crippen LogP contribution in [-0.4, -0.2) is 18.2 Å². The van der Waals surface area contributed by atoms with Crippen molar-refractivity contribution in [3.05, 3.63) is 29.8 Å². The monoisotopic (exact) mass is 259 g/mol. The van der Waals surface area contributed by atoms with Gasteiger partial charge in [-0.25, -0.2) is 4.79 Å². The summed E-state index contributed by atoms with van der Waals surface area (Å²) in [4.78, 5) is 11.7. The van der Waals surface area contributed by atoms with Crippen molar-refractivity contribution in [2.75, 3.05) is 5.32 Å². The minimum atomic E-state index is -0.491. The number of amides is 1. The summed E-state index contributed by atoms with van der Waals surface area (Å²) < 4.78 is 5.33. The van der Waals surface area contributed by atoms with Gasteiger partial charge in [0.1, 0.15) is 6.10 Å². The Bertz CT molecular complexity index is 496. The third-order valence-electron chi connectivity index (χ3n) is 3.18. The van der Waals surface area contributed by atoms with E-state index in [0.29, 0.717) is 17.7 Å². The van der Waals surface area contributed by atoms with E-state index in [9.17, 15) is 4.79 Å². The summed E-state index contributed by atoms with van der Waals surface area (Å²) >= 11 is 0. The van der Waals surface area contributed by atoms with Gasteiger partial charge in [0, 0.05) is 11.7 Å². The van der Waals surface area contributed by atoms with E-state index < -0.39 is 6.09 Å². The molecule has 2 unspecified atom stereocenters. The highest BCUT2D eigenvalue weighted by Crippen LogP contribution is 2.20. The van der Waals surface area contributed by atoms with Crippen LogP contribution in [0.25, 0.3) is 0 Å². The van der Waals surface area contributed by atoms with Crippen molar-refractivity contribution in [3.8, 4) is 6.07 Å². The van der Waals surface area contributed by atoms with Gasteiger partial charge in [-0.1, -0.05) is 6.07 Å². The van der Waals surface area contributed by atoms with E-state index in [1.54, 1.807) is 24.3 Å². The third kappa shape index (κ3) is 3.97. The van der Waals surface area contributed by atoms with Crippen LogP contribution in [-0.2, 0) is 4.74 Å². The molecule has 0 radical (unpaired) electrons. The van der Waals surface area contributed by atoms with Crippen LogP contribution in [0, 0.1) is 11.3 Å². The first kappa shape index (κ1) is 13.4. The molecule has 1 aromatic carbocycles. The number of hydrogen-bond acceptors (Lipinski definition) is 4. The molecule has 5 heteroatoms. The lowest BCUT2D eigenvalue weighted by atomic mass is 9.94. The van der Waals surface area contributed by atoms with Gasteiger partial charge in [-0.3, -0.25) is 5.32 Å². The molecule has 100 valence electrons. The molecule has 0 heterocycles. The summed E-state index contributed by atoms with van der Waals surface area (Å²) in [6, 6.07) is 8.85. The molecule has 1 aromatic rings. The summed E-state index contributed by atoms with van der Waals surface area (Å²) in [6.07, 6.45) is 2.96. The predicted molar refractivity (Wildman–Crippen MR) is 71.5 cm³/mol. The zero-order valence-electron chi connectivity index (χ0n) is 10.6. The van der Waals surface area contributed by atoms with Gasteiger partial charge in [0.15, 0.2) is 0 Å². The van der Waals surface area contributed by atoms with Gasteiger partial charge in [-0.05, 0) is 43.9 Å². The smallest absolute Gasteiger partial charge is 0.411 e. The van der Waals surface area contributed by atoms with Crippen molar-refractivity contribution in [2.24, 2.45) is 5.73 Å².